The zero-order valence-corrected chi connectivity index (χ0v) is 18.9. The van der Waals surface area contributed by atoms with Gasteiger partial charge in [0, 0.05) is 39.4 Å². The van der Waals surface area contributed by atoms with Gasteiger partial charge in [-0.3, -0.25) is 9.78 Å². The number of carbonyl (C=O) groups excluding carboxylic acids is 1. The van der Waals surface area contributed by atoms with Crippen LogP contribution >= 0.6 is 11.6 Å². The van der Waals surface area contributed by atoms with Gasteiger partial charge in [0.25, 0.3) is 0 Å². The lowest BCUT2D eigenvalue weighted by molar-refractivity contribution is -0.111. The van der Waals surface area contributed by atoms with Gasteiger partial charge in [-0.15, -0.1) is 0 Å². The number of allylic oxidation sites excluding steroid dienone is 1. The van der Waals surface area contributed by atoms with Crippen molar-refractivity contribution < 1.29 is 13.9 Å². The Morgan fingerprint density at radius 3 is 2.72 bits per heavy atom. The Kier molecular flexibility index (Phi) is 6.28. The Morgan fingerprint density at radius 1 is 1.25 bits per heavy atom. The van der Waals surface area contributed by atoms with Gasteiger partial charge >= 0.3 is 0 Å². The van der Waals surface area contributed by atoms with Crippen LogP contribution in [0.4, 0.5) is 5.69 Å². The number of benzene rings is 2. The summed E-state index contributed by atoms with van der Waals surface area (Å²) in [7, 11) is 0. The van der Waals surface area contributed by atoms with E-state index in [0.717, 1.165) is 38.8 Å². The third-order valence-electron chi connectivity index (χ3n) is 5.19. The number of halogens is 1. The summed E-state index contributed by atoms with van der Waals surface area (Å²) in [6, 6.07) is 13.2. The molecule has 0 aliphatic rings. The minimum atomic E-state index is -0.235. The molecule has 0 aliphatic heterocycles. The molecule has 0 aliphatic carbocycles. The van der Waals surface area contributed by atoms with Crippen LogP contribution in [0.15, 0.2) is 71.6 Å². The zero-order chi connectivity index (χ0) is 22.7. The highest BCUT2D eigenvalue weighted by Gasteiger charge is 2.19. The summed E-state index contributed by atoms with van der Waals surface area (Å²) >= 11 is 6.06. The molecule has 1 N–H and O–H groups in total. The Balaban J connectivity index is 1.79. The lowest BCUT2D eigenvalue weighted by atomic mass is 9.96. The van der Waals surface area contributed by atoms with Gasteiger partial charge in [0.05, 0.1) is 24.8 Å². The molecule has 0 spiro atoms. The van der Waals surface area contributed by atoms with E-state index in [1.54, 1.807) is 36.9 Å². The first-order valence-corrected chi connectivity index (χ1v) is 10.7. The first-order valence-electron chi connectivity index (χ1n) is 10.3. The number of amides is 1. The molecule has 0 bridgehead atoms. The van der Waals surface area contributed by atoms with Gasteiger partial charge in [-0.05, 0) is 62.2 Å². The quantitative estimate of drug-likeness (QED) is 0.327. The highest BCUT2D eigenvalue weighted by molar-refractivity contribution is 6.30. The number of ether oxygens (including phenoxy) is 1. The predicted octanol–water partition coefficient (Wildman–Crippen LogP) is 6.90. The Bertz CT molecular complexity index is 1290. The fourth-order valence-corrected chi connectivity index (χ4v) is 3.81. The maximum atomic E-state index is 12.6. The number of rotatable bonds is 6. The maximum Gasteiger partial charge on any atom is 0.248 e. The second kappa shape index (κ2) is 9.28. The first-order chi connectivity index (χ1) is 15.5. The number of aryl methyl sites for hydroxylation is 1. The van der Waals surface area contributed by atoms with E-state index in [2.05, 4.69) is 10.3 Å². The summed E-state index contributed by atoms with van der Waals surface area (Å²) in [4.78, 5) is 16.6. The van der Waals surface area contributed by atoms with Crippen molar-refractivity contribution in [2.24, 2.45) is 0 Å². The topological polar surface area (TPSA) is 64.4 Å². The fraction of sp³-hybridized carbons (Fsp3) is 0.154. The minimum absolute atomic E-state index is 0.235. The molecule has 0 saturated heterocycles. The van der Waals surface area contributed by atoms with E-state index in [9.17, 15) is 4.79 Å². The summed E-state index contributed by atoms with van der Waals surface area (Å²) in [5.41, 5.74) is 5.86. The van der Waals surface area contributed by atoms with Crippen molar-refractivity contribution in [3.05, 3.63) is 83.3 Å². The molecular weight excluding hydrogens is 424 g/mol. The van der Waals surface area contributed by atoms with Crippen molar-refractivity contribution in [1.29, 1.82) is 0 Å². The van der Waals surface area contributed by atoms with E-state index < -0.39 is 0 Å². The number of hydrogen-bond donors (Lipinski definition) is 1. The van der Waals surface area contributed by atoms with Crippen molar-refractivity contribution in [1.82, 2.24) is 4.98 Å². The molecule has 1 amide bonds. The molecule has 162 valence electrons. The number of fused-ring (bicyclic) bond motifs is 1. The molecule has 2 aromatic carbocycles. The van der Waals surface area contributed by atoms with Gasteiger partial charge in [-0.1, -0.05) is 23.7 Å². The summed E-state index contributed by atoms with van der Waals surface area (Å²) < 4.78 is 11.9. The molecular formula is C26H23ClN2O3. The van der Waals surface area contributed by atoms with Gasteiger partial charge in [0.2, 0.25) is 5.91 Å². The first kappa shape index (κ1) is 21.7. The maximum absolute atomic E-state index is 12.6. The highest BCUT2D eigenvalue weighted by Crippen LogP contribution is 2.41. The molecule has 5 nitrogen and oxygen atoms in total. The van der Waals surface area contributed by atoms with Crippen LogP contribution in [0.25, 0.3) is 27.7 Å². The van der Waals surface area contributed by atoms with E-state index in [4.69, 9.17) is 20.8 Å². The van der Waals surface area contributed by atoms with E-state index in [0.29, 0.717) is 23.1 Å². The lowest BCUT2D eigenvalue weighted by Crippen LogP contribution is -2.09. The van der Waals surface area contributed by atoms with Gasteiger partial charge in [-0.2, -0.15) is 0 Å². The lowest BCUT2D eigenvalue weighted by Gasteiger charge is -2.15. The Labute approximate surface area is 191 Å². The van der Waals surface area contributed by atoms with E-state index >= 15 is 0 Å². The molecule has 4 aromatic rings. The molecule has 6 heteroatoms. The van der Waals surface area contributed by atoms with Crippen LogP contribution < -0.4 is 10.1 Å². The SMILES string of the molecule is CCOc1c(/C(C)=C/C(=O)Nc2cccnc2)cc2c(-c3ccc(Cl)cc3)coc2c1C. The van der Waals surface area contributed by atoms with Gasteiger partial charge in [-0.25, -0.2) is 0 Å². The molecule has 0 atom stereocenters. The molecule has 2 heterocycles. The van der Waals surface area contributed by atoms with Crippen LogP contribution in [0.2, 0.25) is 5.02 Å². The van der Waals surface area contributed by atoms with Crippen LogP contribution in [0, 0.1) is 6.92 Å². The van der Waals surface area contributed by atoms with Crippen LogP contribution in [0.5, 0.6) is 5.75 Å². The summed E-state index contributed by atoms with van der Waals surface area (Å²) in [5, 5.41) is 4.46. The monoisotopic (exact) mass is 446 g/mol. The van der Waals surface area contributed by atoms with E-state index in [-0.39, 0.29) is 5.91 Å². The van der Waals surface area contributed by atoms with Gasteiger partial charge in [0.15, 0.2) is 0 Å². The summed E-state index contributed by atoms with van der Waals surface area (Å²) in [5.74, 6) is 0.473. The largest absolute Gasteiger partial charge is 0.493 e. The minimum Gasteiger partial charge on any atom is -0.493 e. The number of anilines is 1. The number of carbonyl (C=O) groups is 1. The number of pyridine rings is 1. The van der Waals surface area contributed by atoms with Crippen molar-refractivity contribution in [3.63, 3.8) is 0 Å². The van der Waals surface area contributed by atoms with Crippen molar-refractivity contribution in [3.8, 4) is 16.9 Å². The fourth-order valence-electron chi connectivity index (χ4n) is 3.68. The molecule has 0 saturated carbocycles. The second-order valence-electron chi connectivity index (χ2n) is 7.40. The number of nitrogens with zero attached hydrogens (tertiary/aromatic N) is 1. The number of furan rings is 1. The summed E-state index contributed by atoms with van der Waals surface area (Å²) in [6.45, 7) is 6.30. The van der Waals surface area contributed by atoms with Crippen LogP contribution in [0.1, 0.15) is 25.0 Å². The van der Waals surface area contributed by atoms with Crippen LogP contribution in [0.3, 0.4) is 0 Å². The molecule has 0 unspecified atom stereocenters. The third-order valence-corrected chi connectivity index (χ3v) is 5.44. The number of nitrogens with one attached hydrogen (secondary N) is 1. The normalized spacial score (nSPS) is 11.6. The Hall–Kier alpha value is -3.57. The third kappa shape index (κ3) is 4.39. The van der Waals surface area contributed by atoms with Crippen molar-refractivity contribution in [2.75, 3.05) is 11.9 Å². The van der Waals surface area contributed by atoms with Crippen molar-refractivity contribution in [2.45, 2.75) is 20.8 Å². The highest BCUT2D eigenvalue weighted by atomic mass is 35.5. The van der Waals surface area contributed by atoms with Crippen molar-refractivity contribution >= 4 is 39.7 Å². The zero-order valence-electron chi connectivity index (χ0n) is 18.1. The summed E-state index contributed by atoms with van der Waals surface area (Å²) in [6.07, 6.45) is 6.58. The van der Waals surface area contributed by atoms with Gasteiger partial charge in [0.1, 0.15) is 11.3 Å². The smallest absolute Gasteiger partial charge is 0.248 e. The van der Waals surface area contributed by atoms with Gasteiger partial charge < -0.3 is 14.5 Å². The van der Waals surface area contributed by atoms with Crippen LogP contribution in [-0.2, 0) is 4.79 Å². The molecule has 0 radical (unpaired) electrons. The average molecular weight is 447 g/mol. The average Bonchev–Trinajstić information content (AvgIpc) is 3.21. The van der Waals surface area contributed by atoms with E-state index in [1.807, 2.05) is 51.1 Å². The van der Waals surface area contributed by atoms with Crippen LogP contribution in [-0.4, -0.2) is 17.5 Å². The number of aromatic nitrogens is 1. The molecule has 32 heavy (non-hydrogen) atoms. The molecule has 0 fully saturated rings. The second-order valence-corrected chi connectivity index (χ2v) is 7.84. The molecule has 4 rings (SSSR count). The van der Waals surface area contributed by atoms with E-state index in [1.165, 1.54) is 0 Å². The predicted molar refractivity (Wildman–Crippen MR) is 129 cm³/mol. The Morgan fingerprint density at radius 2 is 2.03 bits per heavy atom. The number of hydrogen-bond acceptors (Lipinski definition) is 4. The standard InChI is InChI=1S/C26H23ClN2O3/c1-4-31-25-17(3)26-22(23(15-32-26)18-7-9-19(27)10-8-18)13-21(25)16(2)12-24(30)29-20-6-5-11-28-14-20/h5-15H,4H2,1-3H3,(H,29,30)/b16-12+. The molecule has 2 aromatic heterocycles.